The van der Waals surface area contributed by atoms with E-state index in [-0.39, 0.29) is 0 Å². The van der Waals surface area contributed by atoms with E-state index in [0.717, 1.165) is 6.32 Å². The minimum Gasteiger partial charge on any atom is -0.0889 e. The molecule has 0 aromatic heterocycles. The maximum Gasteiger partial charge on any atom is 0.0652 e. The lowest BCUT2D eigenvalue weighted by Crippen LogP contribution is -2.30. The third-order valence-corrected chi connectivity index (χ3v) is 9.08. The molecule has 0 atom stereocenters. The zero-order valence-corrected chi connectivity index (χ0v) is 9.32. The summed E-state index contributed by atoms with van der Waals surface area (Å²) in [6.07, 6.45) is 2.14. The average Bonchev–Trinajstić information content (AvgIpc) is 2.08. The molecule has 11 heavy (non-hydrogen) atoms. The van der Waals surface area contributed by atoms with Gasteiger partial charge < -0.3 is 0 Å². The molecule has 2 radical (unpaired) electrons. The van der Waals surface area contributed by atoms with Crippen LogP contribution in [-0.4, -0.2) is 15.9 Å². The molecule has 0 aliphatic rings. The molecule has 0 aliphatic heterocycles. The zero-order valence-electron chi connectivity index (χ0n) is 8.32. The Balaban J connectivity index is 3.84. The van der Waals surface area contributed by atoms with Crippen LogP contribution in [0.2, 0.25) is 30.5 Å². The molecule has 0 rings (SSSR count). The first kappa shape index (κ1) is 11.3. The van der Waals surface area contributed by atoms with Gasteiger partial charge in [-0.05, 0) is 0 Å². The van der Waals surface area contributed by atoms with E-state index in [1.165, 1.54) is 30.6 Å². The highest BCUT2D eigenvalue weighted by atomic mass is 28.3. The minimum absolute atomic E-state index is 0.818. The molecule has 0 bridgehead atoms. The SMILES string of the molecule is [B]CCC[Si](CC)(CC)CC. The standard InChI is InChI=1S/C9H21BSi/c1-4-11(5-2,6-3)9-7-8-10/h4-9H2,1-3H3. The van der Waals surface area contributed by atoms with Gasteiger partial charge in [0.15, 0.2) is 0 Å². The van der Waals surface area contributed by atoms with Crippen molar-refractivity contribution in [1.29, 1.82) is 0 Å². The lowest BCUT2D eigenvalue weighted by atomic mass is 10.0. The Morgan fingerprint density at radius 2 is 1.45 bits per heavy atom. The van der Waals surface area contributed by atoms with Crippen LogP contribution in [0.3, 0.4) is 0 Å². The summed E-state index contributed by atoms with van der Waals surface area (Å²) in [4.78, 5) is 0. The fourth-order valence-electron chi connectivity index (χ4n) is 1.76. The van der Waals surface area contributed by atoms with E-state index >= 15 is 0 Å². The van der Waals surface area contributed by atoms with Crippen LogP contribution in [0.5, 0.6) is 0 Å². The Kier molecular flexibility index (Phi) is 6.02. The second-order valence-corrected chi connectivity index (χ2v) is 9.07. The maximum atomic E-state index is 5.52. The Morgan fingerprint density at radius 1 is 1.00 bits per heavy atom. The monoisotopic (exact) mass is 168 g/mol. The summed E-state index contributed by atoms with van der Waals surface area (Å²) in [7, 11) is 4.70. The summed E-state index contributed by atoms with van der Waals surface area (Å²) < 4.78 is 0. The number of rotatable bonds is 6. The van der Waals surface area contributed by atoms with Gasteiger partial charge in [-0.25, -0.2) is 0 Å². The molecule has 0 aromatic carbocycles. The van der Waals surface area contributed by atoms with Crippen LogP contribution < -0.4 is 0 Å². The van der Waals surface area contributed by atoms with Gasteiger partial charge >= 0.3 is 0 Å². The summed E-state index contributed by atoms with van der Waals surface area (Å²) >= 11 is 0. The summed E-state index contributed by atoms with van der Waals surface area (Å²) in [6.45, 7) is 7.07. The van der Waals surface area contributed by atoms with Crippen molar-refractivity contribution in [1.82, 2.24) is 0 Å². The Morgan fingerprint density at radius 3 is 1.73 bits per heavy atom. The van der Waals surface area contributed by atoms with Crippen LogP contribution in [-0.2, 0) is 0 Å². The van der Waals surface area contributed by atoms with Crippen LogP contribution >= 0.6 is 0 Å². The summed E-state index contributed by atoms with van der Waals surface area (Å²) in [5.41, 5.74) is 0. The molecule has 0 amide bonds. The van der Waals surface area contributed by atoms with Crippen LogP contribution in [0.15, 0.2) is 0 Å². The average molecular weight is 168 g/mol. The maximum absolute atomic E-state index is 5.52. The molecule has 0 heterocycles. The van der Waals surface area contributed by atoms with Crippen molar-refractivity contribution >= 4 is 15.9 Å². The Bertz CT molecular complexity index is 81.3. The van der Waals surface area contributed by atoms with Crippen molar-refractivity contribution in [2.24, 2.45) is 0 Å². The van der Waals surface area contributed by atoms with Crippen LogP contribution in [0.25, 0.3) is 0 Å². The van der Waals surface area contributed by atoms with Gasteiger partial charge in [-0.15, -0.1) is 0 Å². The fourth-order valence-corrected chi connectivity index (χ4v) is 5.27. The van der Waals surface area contributed by atoms with E-state index in [9.17, 15) is 0 Å². The third kappa shape index (κ3) is 3.46. The largest absolute Gasteiger partial charge is 0.0889 e. The van der Waals surface area contributed by atoms with E-state index in [4.69, 9.17) is 7.85 Å². The quantitative estimate of drug-likeness (QED) is 0.532. The van der Waals surface area contributed by atoms with E-state index in [0.29, 0.717) is 0 Å². The van der Waals surface area contributed by atoms with E-state index < -0.39 is 8.07 Å². The molecular weight excluding hydrogens is 147 g/mol. The molecule has 0 unspecified atom stereocenters. The summed E-state index contributed by atoms with van der Waals surface area (Å²) in [5.74, 6) is 0. The smallest absolute Gasteiger partial charge is 0.0652 e. The van der Waals surface area contributed by atoms with Gasteiger partial charge in [0.05, 0.1) is 15.9 Å². The molecular formula is C9H21BSi. The van der Waals surface area contributed by atoms with Crippen molar-refractivity contribution in [3.05, 3.63) is 0 Å². The number of hydrogen-bond donors (Lipinski definition) is 0. The molecule has 2 heteroatoms. The topological polar surface area (TPSA) is 0 Å². The van der Waals surface area contributed by atoms with Gasteiger partial charge in [0.2, 0.25) is 0 Å². The first-order chi connectivity index (χ1) is 5.24. The summed E-state index contributed by atoms with van der Waals surface area (Å²) in [5, 5.41) is 0. The summed E-state index contributed by atoms with van der Waals surface area (Å²) in [6, 6.07) is 5.78. The van der Waals surface area contributed by atoms with Crippen molar-refractivity contribution in [3.8, 4) is 0 Å². The fraction of sp³-hybridized carbons (Fsp3) is 1.00. The molecule has 0 nitrogen and oxygen atoms in total. The highest BCUT2D eigenvalue weighted by Gasteiger charge is 2.24. The van der Waals surface area contributed by atoms with Crippen molar-refractivity contribution < 1.29 is 0 Å². The minimum atomic E-state index is -0.818. The molecule has 0 aromatic rings. The van der Waals surface area contributed by atoms with E-state index in [1.807, 2.05) is 0 Å². The third-order valence-electron chi connectivity index (χ3n) is 3.16. The van der Waals surface area contributed by atoms with Crippen molar-refractivity contribution in [2.45, 2.75) is 57.7 Å². The van der Waals surface area contributed by atoms with Gasteiger partial charge in [-0.3, -0.25) is 0 Å². The lowest BCUT2D eigenvalue weighted by molar-refractivity contribution is 0.988. The molecule has 0 fully saturated rings. The van der Waals surface area contributed by atoms with Gasteiger partial charge in [-0.2, -0.15) is 0 Å². The molecule has 0 saturated heterocycles. The van der Waals surface area contributed by atoms with E-state index in [1.54, 1.807) is 0 Å². The van der Waals surface area contributed by atoms with Crippen LogP contribution in [0.1, 0.15) is 27.2 Å². The zero-order chi connectivity index (χ0) is 8.74. The predicted octanol–water partition coefficient (Wildman–Crippen LogP) is 3.47. The second-order valence-electron chi connectivity index (χ2n) is 3.45. The lowest BCUT2D eigenvalue weighted by Gasteiger charge is -2.27. The normalized spacial score (nSPS) is 11.9. The predicted molar refractivity (Wildman–Crippen MR) is 57.2 cm³/mol. The highest BCUT2D eigenvalue weighted by Crippen LogP contribution is 2.26. The number of hydrogen-bond acceptors (Lipinski definition) is 0. The first-order valence-corrected chi connectivity index (χ1v) is 7.77. The van der Waals surface area contributed by atoms with E-state index in [2.05, 4.69) is 20.8 Å². The second kappa shape index (κ2) is 5.87. The van der Waals surface area contributed by atoms with Crippen molar-refractivity contribution in [3.63, 3.8) is 0 Å². The van der Waals surface area contributed by atoms with Gasteiger partial charge in [0.25, 0.3) is 0 Å². The molecule has 0 saturated carbocycles. The van der Waals surface area contributed by atoms with Crippen molar-refractivity contribution in [2.75, 3.05) is 0 Å². The van der Waals surface area contributed by atoms with Gasteiger partial charge in [0, 0.05) is 0 Å². The van der Waals surface area contributed by atoms with Gasteiger partial charge in [0.1, 0.15) is 0 Å². The molecule has 0 aliphatic carbocycles. The van der Waals surface area contributed by atoms with Crippen LogP contribution in [0, 0.1) is 0 Å². The molecule has 0 spiro atoms. The Labute approximate surface area is 74.2 Å². The molecule has 64 valence electrons. The Hall–Kier alpha value is 0.282. The molecule has 0 N–H and O–H groups in total. The highest BCUT2D eigenvalue weighted by molar-refractivity contribution is 6.79. The van der Waals surface area contributed by atoms with Gasteiger partial charge in [-0.1, -0.05) is 57.7 Å². The van der Waals surface area contributed by atoms with Crippen LogP contribution in [0.4, 0.5) is 0 Å². The first-order valence-electron chi connectivity index (χ1n) is 4.94.